The normalized spacial score (nSPS) is 10.4. The summed E-state index contributed by atoms with van der Waals surface area (Å²) in [7, 11) is 1.66. The molecule has 2 aromatic heterocycles. The molecule has 1 N–H and O–H groups in total. The molecule has 0 aliphatic carbocycles. The molecular weight excluding hydrogens is 272 g/mol. The Morgan fingerprint density at radius 1 is 1.29 bits per heavy atom. The molecule has 0 aliphatic rings. The van der Waals surface area contributed by atoms with Crippen molar-refractivity contribution in [1.29, 1.82) is 0 Å². The van der Waals surface area contributed by atoms with Gasteiger partial charge in [-0.15, -0.1) is 0 Å². The van der Waals surface area contributed by atoms with Crippen LogP contribution in [-0.2, 0) is 6.54 Å². The van der Waals surface area contributed by atoms with E-state index >= 15 is 0 Å². The summed E-state index contributed by atoms with van der Waals surface area (Å²) in [6, 6.07) is 4.64. The van der Waals surface area contributed by atoms with Crippen LogP contribution in [-0.4, -0.2) is 33.9 Å². The molecule has 0 aliphatic heterocycles. The highest BCUT2D eigenvalue weighted by Gasteiger charge is 2.17. The second kappa shape index (κ2) is 5.78. The first-order valence-corrected chi connectivity index (χ1v) is 6.39. The van der Waals surface area contributed by atoms with Crippen molar-refractivity contribution in [2.75, 3.05) is 7.05 Å². The van der Waals surface area contributed by atoms with Crippen molar-refractivity contribution in [1.82, 2.24) is 9.88 Å². The Morgan fingerprint density at radius 2 is 2.00 bits per heavy atom. The summed E-state index contributed by atoms with van der Waals surface area (Å²) < 4.78 is 5.19. The molecule has 0 saturated heterocycles. The molecule has 0 spiro atoms. The number of aryl methyl sites for hydroxylation is 2. The van der Waals surface area contributed by atoms with Gasteiger partial charge in [0.05, 0.1) is 17.5 Å². The van der Waals surface area contributed by atoms with E-state index in [0.29, 0.717) is 12.2 Å². The number of aromatic nitrogens is 1. The van der Waals surface area contributed by atoms with Crippen molar-refractivity contribution >= 4 is 11.9 Å². The quantitative estimate of drug-likeness (QED) is 0.933. The maximum absolute atomic E-state index is 12.3. The first-order chi connectivity index (χ1) is 9.90. The van der Waals surface area contributed by atoms with Gasteiger partial charge < -0.3 is 14.4 Å². The third-order valence-corrected chi connectivity index (χ3v) is 3.26. The molecule has 1 amide bonds. The average molecular weight is 288 g/mol. The number of nitrogens with zero attached hydrogens (tertiary/aromatic N) is 2. The van der Waals surface area contributed by atoms with Crippen LogP contribution < -0.4 is 0 Å². The minimum absolute atomic E-state index is 0.0971. The number of hydrogen-bond donors (Lipinski definition) is 1. The van der Waals surface area contributed by atoms with Gasteiger partial charge in [-0.25, -0.2) is 9.78 Å². The first kappa shape index (κ1) is 14.8. The fourth-order valence-electron chi connectivity index (χ4n) is 2.00. The second-order valence-corrected chi connectivity index (χ2v) is 4.80. The Kier molecular flexibility index (Phi) is 4.07. The van der Waals surface area contributed by atoms with Gasteiger partial charge in [0.15, 0.2) is 0 Å². The van der Waals surface area contributed by atoms with Gasteiger partial charge in [0, 0.05) is 19.2 Å². The van der Waals surface area contributed by atoms with Crippen LogP contribution in [0.4, 0.5) is 0 Å². The first-order valence-electron chi connectivity index (χ1n) is 6.39. The van der Waals surface area contributed by atoms with Crippen molar-refractivity contribution in [3.63, 3.8) is 0 Å². The summed E-state index contributed by atoms with van der Waals surface area (Å²) in [6.07, 6.45) is 1.58. The van der Waals surface area contributed by atoms with Crippen LogP contribution in [0.25, 0.3) is 0 Å². The minimum Gasteiger partial charge on any atom is -0.478 e. The van der Waals surface area contributed by atoms with Crippen molar-refractivity contribution in [2.45, 2.75) is 20.4 Å². The maximum atomic E-state index is 12.3. The highest BCUT2D eigenvalue weighted by atomic mass is 16.4. The smallest absolute Gasteiger partial charge is 0.337 e. The van der Waals surface area contributed by atoms with Crippen LogP contribution in [0.15, 0.2) is 28.9 Å². The molecule has 0 bridgehead atoms. The van der Waals surface area contributed by atoms with Crippen molar-refractivity contribution in [2.24, 2.45) is 0 Å². The van der Waals surface area contributed by atoms with Crippen LogP contribution >= 0.6 is 0 Å². The standard InChI is InChI=1S/C15H16N2O4/c1-9-12(15(19)20)4-5-13(16-9)14(18)17(3)8-11-6-7-21-10(11)2/h4-7H,8H2,1-3H3,(H,19,20). The topological polar surface area (TPSA) is 83.6 Å². The van der Waals surface area contributed by atoms with E-state index in [-0.39, 0.29) is 17.2 Å². The fourth-order valence-corrected chi connectivity index (χ4v) is 2.00. The molecule has 0 saturated carbocycles. The number of carbonyl (C=O) groups excluding carboxylic acids is 1. The number of amides is 1. The zero-order valence-corrected chi connectivity index (χ0v) is 12.1. The van der Waals surface area contributed by atoms with E-state index < -0.39 is 5.97 Å². The Labute approximate surface area is 122 Å². The van der Waals surface area contributed by atoms with E-state index in [0.717, 1.165) is 11.3 Å². The molecular formula is C15H16N2O4. The Bertz CT molecular complexity index is 691. The Hall–Kier alpha value is -2.63. The SMILES string of the molecule is Cc1nc(C(=O)N(C)Cc2ccoc2C)ccc1C(=O)O. The molecule has 0 fully saturated rings. The lowest BCUT2D eigenvalue weighted by molar-refractivity contribution is 0.0693. The largest absolute Gasteiger partial charge is 0.478 e. The lowest BCUT2D eigenvalue weighted by Gasteiger charge is -2.16. The van der Waals surface area contributed by atoms with E-state index in [1.165, 1.54) is 17.0 Å². The Balaban J connectivity index is 2.18. The van der Waals surface area contributed by atoms with Gasteiger partial charge >= 0.3 is 5.97 Å². The van der Waals surface area contributed by atoms with E-state index in [4.69, 9.17) is 9.52 Å². The predicted octanol–water partition coefficient (Wildman–Crippen LogP) is 2.26. The average Bonchev–Trinajstić information content (AvgIpc) is 2.82. The lowest BCUT2D eigenvalue weighted by Crippen LogP contribution is -2.27. The van der Waals surface area contributed by atoms with Gasteiger partial charge in [0.25, 0.3) is 5.91 Å². The number of carboxylic acids is 1. The minimum atomic E-state index is -1.05. The summed E-state index contributed by atoms with van der Waals surface area (Å²) >= 11 is 0. The van der Waals surface area contributed by atoms with Gasteiger partial charge in [-0.2, -0.15) is 0 Å². The van der Waals surface area contributed by atoms with Crippen LogP contribution in [0.5, 0.6) is 0 Å². The monoisotopic (exact) mass is 288 g/mol. The molecule has 110 valence electrons. The van der Waals surface area contributed by atoms with E-state index in [2.05, 4.69) is 4.98 Å². The van der Waals surface area contributed by atoms with Crippen molar-refractivity contribution in [3.8, 4) is 0 Å². The number of pyridine rings is 1. The molecule has 2 rings (SSSR count). The highest BCUT2D eigenvalue weighted by molar-refractivity contribution is 5.94. The number of carbonyl (C=O) groups is 2. The molecule has 0 radical (unpaired) electrons. The third kappa shape index (κ3) is 3.10. The number of aromatic carboxylic acids is 1. The molecule has 0 unspecified atom stereocenters. The molecule has 6 nitrogen and oxygen atoms in total. The fraction of sp³-hybridized carbons (Fsp3) is 0.267. The van der Waals surface area contributed by atoms with Crippen LogP contribution in [0.1, 0.15) is 37.9 Å². The number of furan rings is 1. The predicted molar refractivity (Wildman–Crippen MR) is 75.2 cm³/mol. The van der Waals surface area contributed by atoms with E-state index in [1.54, 1.807) is 20.2 Å². The summed E-state index contributed by atoms with van der Waals surface area (Å²) in [4.78, 5) is 28.8. The zero-order chi connectivity index (χ0) is 15.6. The summed E-state index contributed by atoms with van der Waals surface area (Å²) in [5, 5.41) is 8.96. The summed E-state index contributed by atoms with van der Waals surface area (Å²) in [6.45, 7) is 3.81. The number of carboxylic acid groups (broad SMARTS) is 1. The number of hydrogen-bond acceptors (Lipinski definition) is 4. The molecule has 2 aromatic rings. The summed E-state index contributed by atoms with van der Waals surface area (Å²) in [5.74, 6) is -0.558. The Morgan fingerprint density at radius 3 is 2.52 bits per heavy atom. The molecule has 21 heavy (non-hydrogen) atoms. The van der Waals surface area contributed by atoms with E-state index in [9.17, 15) is 9.59 Å². The van der Waals surface area contributed by atoms with Gasteiger partial charge in [-0.1, -0.05) is 0 Å². The number of rotatable bonds is 4. The van der Waals surface area contributed by atoms with E-state index in [1.807, 2.05) is 13.0 Å². The van der Waals surface area contributed by atoms with Gasteiger partial charge in [0.2, 0.25) is 0 Å². The highest BCUT2D eigenvalue weighted by Crippen LogP contribution is 2.14. The zero-order valence-electron chi connectivity index (χ0n) is 12.1. The van der Waals surface area contributed by atoms with Crippen molar-refractivity contribution in [3.05, 3.63) is 52.7 Å². The third-order valence-electron chi connectivity index (χ3n) is 3.26. The summed E-state index contributed by atoms with van der Waals surface area (Å²) in [5.41, 5.74) is 1.56. The molecule has 2 heterocycles. The lowest BCUT2D eigenvalue weighted by atomic mass is 10.1. The molecule has 6 heteroatoms. The van der Waals surface area contributed by atoms with Gasteiger partial charge in [-0.05, 0) is 32.0 Å². The van der Waals surface area contributed by atoms with Gasteiger partial charge in [0.1, 0.15) is 11.5 Å². The van der Waals surface area contributed by atoms with Crippen molar-refractivity contribution < 1.29 is 19.1 Å². The molecule has 0 atom stereocenters. The maximum Gasteiger partial charge on any atom is 0.337 e. The molecule has 0 aromatic carbocycles. The van der Waals surface area contributed by atoms with Crippen LogP contribution in [0.3, 0.4) is 0 Å². The van der Waals surface area contributed by atoms with Crippen LogP contribution in [0.2, 0.25) is 0 Å². The second-order valence-electron chi connectivity index (χ2n) is 4.80. The van der Waals surface area contributed by atoms with Gasteiger partial charge in [-0.3, -0.25) is 4.79 Å². The van der Waals surface area contributed by atoms with Crippen LogP contribution in [0, 0.1) is 13.8 Å².